The number of ether oxygens (including phenoxy) is 1. The third-order valence-corrected chi connectivity index (χ3v) is 6.28. The van der Waals surface area contributed by atoms with Crippen molar-refractivity contribution in [3.05, 3.63) is 64.4 Å². The molecule has 7 nitrogen and oxygen atoms in total. The van der Waals surface area contributed by atoms with Gasteiger partial charge in [-0.25, -0.2) is 13.8 Å². The number of benzene rings is 2. The highest BCUT2D eigenvalue weighted by atomic mass is 19.4. The molecule has 0 spiro atoms. The van der Waals surface area contributed by atoms with E-state index in [1.807, 2.05) is 0 Å². The first-order valence-electron chi connectivity index (χ1n) is 10.4. The maximum Gasteiger partial charge on any atom is 0.419 e. The summed E-state index contributed by atoms with van der Waals surface area (Å²) in [5, 5.41) is 5.12. The molecule has 0 saturated heterocycles. The quantitative estimate of drug-likeness (QED) is 0.422. The molecule has 0 fully saturated rings. The van der Waals surface area contributed by atoms with Crippen LogP contribution in [0, 0.1) is 11.6 Å². The van der Waals surface area contributed by atoms with Crippen LogP contribution >= 0.6 is 0 Å². The smallest absolute Gasteiger partial charge is 0.383 e. The zero-order valence-corrected chi connectivity index (χ0v) is 18.5. The first-order chi connectivity index (χ1) is 16.5. The number of nitrogens with zero attached hydrogens (tertiary/aromatic N) is 4. The zero-order valence-electron chi connectivity index (χ0n) is 18.5. The number of halogens is 5. The summed E-state index contributed by atoms with van der Waals surface area (Å²) in [7, 11) is 3.02. The fourth-order valence-electron chi connectivity index (χ4n) is 4.47. The SMILES string of the molecule is CN(C(=O)c1cc2c(cc1F)nc(N)c1cnn(C)c12)[C@@H]1COCc2c1ccc(C(F)(F)F)c2F. The monoisotopic (exact) mass is 491 g/mol. The first kappa shape index (κ1) is 23.0. The number of rotatable bonds is 2. The number of alkyl halides is 3. The van der Waals surface area contributed by atoms with Crippen LogP contribution in [0.2, 0.25) is 0 Å². The average Bonchev–Trinajstić information content (AvgIpc) is 3.19. The molecule has 0 aliphatic carbocycles. The molecule has 1 aliphatic heterocycles. The van der Waals surface area contributed by atoms with Crippen molar-refractivity contribution in [1.29, 1.82) is 0 Å². The van der Waals surface area contributed by atoms with Crippen molar-refractivity contribution < 1.29 is 31.5 Å². The summed E-state index contributed by atoms with van der Waals surface area (Å²) in [6.07, 6.45) is -3.37. The van der Waals surface area contributed by atoms with Gasteiger partial charge in [0.25, 0.3) is 5.91 Å². The number of carbonyl (C=O) groups excluding carboxylic acids is 1. The lowest BCUT2D eigenvalue weighted by atomic mass is 9.94. The van der Waals surface area contributed by atoms with E-state index < -0.39 is 35.3 Å². The van der Waals surface area contributed by atoms with Gasteiger partial charge in [-0.1, -0.05) is 6.07 Å². The number of hydrogen-bond acceptors (Lipinski definition) is 5. The second-order valence-corrected chi connectivity index (χ2v) is 8.32. The lowest BCUT2D eigenvalue weighted by Crippen LogP contribution is -2.37. The molecule has 3 heterocycles. The number of hydrogen-bond donors (Lipinski definition) is 1. The van der Waals surface area contributed by atoms with Crippen LogP contribution < -0.4 is 5.73 Å². The Morgan fingerprint density at radius 2 is 1.97 bits per heavy atom. The summed E-state index contributed by atoms with van der Waals surface area (Å²) < 4.78 is 75.9. The standard InChI is InChI=1S/C23H18F5N5O2/c1-32(18-9-35-8-14-10(18)3-4-15(19(14)25)23(26,27)28)22(34)11-5-12-17(6-16(11)24)31-21(29)13-7-30-33(2)20(12)13/h3-7,18H,8-9H2,1-2H3,(H2,29,31)/t18-/m1/s1. The Kier molecular flexibility index (Phi) is 5.16. The molecule has 12 heteroatoms. The minimum atomic E-state index is -4.88. The van der Waals surface area contributed by atoms with E-state index in [-0.39, 0.29) is 41.2 Å². The second kappa shape index (κ2) is 7.87. The van der Waals surface area contributed by atoms with Crippen molar-refractivity contribution in [2.24, 2.45) is 7.05 Å². The maximum atomic E-state index is 15.0. The Hall–Kier alpha value is -3.80. The lowest BCUT2D eigenvalue weighted by molar-refractivity contribution is -0.140. The molecule has 0 radical (unpaired) electrons. The van der Waals surface area contributed by atoms with Crippen LogP contribution in [0.4, 0.5) is 27.8 Å². The van der Waals surface area contributed by atoms with Gasteiger partial charge >= 0.3 is 6.18 Å². The van der Waals surface area contributed by atoms with Gasteiger partial charge in [-0.3, -0.25) is 9.48 Å². The fraction of sp³-hybridized carbons (Fsp3) is 0.261. The molecule has 0 unspecified atom stereocenters. The van der Waals surface area contributed by atoms with Crippen LogP contribution in [-0.2, 0) is 24.6 Å². The third-order valence-electron chi connectivity index (χ3n) is 6.28. The van der Waals surface area contributed by atoms with Crippen molar-refractivity contribution in [3.8, 4) is 0 Å². The van der Waals surface area contributed by atoms with Crippen LogP contribution in [-0.4, -0.2) is 39.2 Å². The second-order valence-electron chi connectivity index (χ2n) is 8.32. The molecule has 182 valence electrons. The topological polar surface area (TPSA) is 86.3 Å². The molecule has 1 atom stereocenters. The molecule has 0 bridgehead atoms. The highest BCUT2D eigenvalue weighted by Crippen LogP contribution is 2.38. The van der Waals surface area contributed by atoms with Gasteiger partial charge in [0.1, 0.15) is 17.5 Å². The molecule has 4 aromatic rings. The minimum Gasteiger partial charge on any atom is -0.383 e. The van der Waals surface area contributed by atoms with Gasteiger partial charge in [-0.15, -0.1) is 0 Å². The van der Waals surface area contributed by atoms with Crippen LogP contribution in [0.3, 0.4) is 0 Å². The summed E-state index contributed by atoms with van der Waals surface area (Å²) >= 11 is 0. The summed E-state index contributed by atoms with van der Waals surface area (Å²) in [6.45, 7) is -0.473. The number of likely N-dealkylation sites (N-methyl/N-ethyl adjacent to an activating group) is 1. The van der Waals surface area contributed by atoms with Crippen molar-refractivity contribution in [2.45, 2.75) is 18.8 Å². The van der Waals surface area contributed by atoms with Crippen LogP contribution in [0.1, 0.15) is 33.1 Å². The molecule has 0 saturated carbocycles. The average molecular weight is 491 g/mol. The lowest BCUT2D eigenvalue weighted by Gasteiger charge is -2.34. The van der Waals surface area contributed by atoms with Gasteiger partial charge in [0, 0.05) is 31.1 Å². The van der Waals surface area contributed by atoms with Gasteiger partial charge in [-0.2, -0.15) is 18.3 Å². The zero-order chi connectivity index (χ0) is 25.2. The Balaban J connectivity index is 1.58. The number of fused-ring (bicyclic) bond motifs is 4. The molecular weight excluding hydrogens is 473 g/mol. The summed E-state index contributed by atoms with van der Waals surface area (Å²) in [4.78, 5) is 18.7. The van der Waals surface area contributed by atoms with E-state index in [0.29, 0.717) is 22.4 Å². The maximum absolute atomic E-state index is 15.0. The highest BCUT2D eigenvalue weighted by molar-refractivity contribution is 6.10. The predicted molar refractivity (Wildman–Crippen MR) is 116 cm³/mol. The number of amides is 1. The largest absolute Gasteiger partial charge is 0.419 e. The molecule has 1 amide bonds. The molecule has 1 aliphatic rings. The summed E-state index contributed by atoms with van der Waals surface area (Å²) in [5.41, 5.74) is 4.90. The highest BCUT2D eigenvalue weighted by Gasteiger charge is 2.38. The fourth-order valence-corrected chi connectivity index (χ4v) is 4.47. The third kappa shape index (κ3) is 3.55. The van der Waals surface area contributed by atoms with Crippen molar-refractivity contribution >= 4 is 33.5 Å². The predicted octanol–water partition coefficient (Wildman–Crippen LogP) is 4.34. The Morgan fingerprint density at radius 3 is 2.69 bits per heavy atom. The van der Waals surface area contributed by atoms with Crippen molar-refractivity contribution in [1.82, 2.24) is 19.7 Å². The van der Waals surface area contributed by atoms with Crippen molar-refractivity contribution in [3.63, 3.8) is 0 Å². The summed E-state index contributed by atoms with van der Waals surface area (Å²) in [5.74, 6) is -2.91. The number of anilines is 1. The molecule has 2 aromatic heterocycles. The molecule has 2 aromatic carbocycles. The number of nitrogens with two attached hydrogens (primary N) is 1. The van der Waals surface area contributed by atoms with Crippen molar-refractivity contribution in [2.75, 3.05) is 19.4 Å². The number of carbonyl (C=O) groups is 1. The number of nitrogen functional groups attached to an aromatic ring is 1. The molecular formula is C23H18F5N5O2. The van der Waals surface area contributed by atoms with Crippen LogP contribution in [0.5, 0.6) is 0 Å². The van der Waals surface area contributed by atoms with E-state index in [1.165, 1.54) is 24.0 Å². The van der Waals surface area contributed by atoms with E-state index in [0.717, 1.165) is 17.0 Å². The Morgan fingerprint density at radius 1 is 1.23 bits per heavy atom. The van der Waals surface area contributed by atoms with E-state index in [1.54, 1.807) is 7.05 Å². The number of aromatic nitrogens is 3. The van der Waals surface area contributed by atoms with Crippen LogP contribution in [0.25, 0.3) is 21.8 Å². The van der Waals surface area contributed by atoms with Gasteiger partial charge in [0.15, 0.2) is 0 Å². The minimum absolute atomic E-state index is 0.0979. The van der Waals surface area contributed by atoms with Gasteiger partial charge in [0.2, 0.25) is 0 Å². The van der Waals surface area contributed by atoms with E-state index in [2.05, 4.69) is 10.1 Å². The van der Waals surface area contributed by atoms with Gasteiger partial charge < -0.3 is 15.4 Å². The molecule has 35 heavy (non-hydrogen) atoms. The summed E-state index contributed by atoms with van der Waals surface area (Å²) in [6, 6.07) is 3.24. The van der Waals surface area contributed by atoms with Crippen LogP contribution in [0.15, 0.2) is 30.5 Å². The normalized spacial score (nSPS) is 16.0. The molecule has 5 rings (SSSR count). The Labute approximate surface area is 194 Å². The number of aryl methyl sites for hydroxylation is 1. The number of pyridine rings is 1. The van der Waals surface area contributed by atoms with Gasteiger partial charge in [0.05, 0.1) is 53.0 Å². The Bertz CT molecular complexity index is 1510. The molecule has 2 N–H and O–H groups in total. The van der Waals surface area contributed by atoms with E-state index in [9.17, 15) is 22.4 Å². The van der Waals surface area contributed by atoms with E-state index >= 15 is 4.39 Å². The first-order valence-corrected chi connectivity index (χ1v) is 10.4. The van der Waals surface area contributed by atoms with E-state index in [4.69, 9.17) is 10.5 Å². The van der Waals surface area contributed by atoms with Gasteiger partial charge in [-0.05, 0) is 17.7 Å².